The van der Waals surface area contributed by atoms with Gasteiger partial charge in [0.2, 0.25) is 0 Å². The predicted molar refractivity (Wildman–Crippen MR) is 63.4 cm³/mol. The fraction of sp³-hybridized carbons (Fsp3) is 0.727. The number of hydrogen-bond donors (Lipinski definition) is 2. The molecule has 0 aromatic heterocycles. The Hall–Kier alpha value is -1.67. The van der Waals surface area contributed by atoms with E-state index in [1.807, 2.05) is 6.92 Å². The van der Waals surface area contributed by atoms with Gasteiger partial charge >= 0.3 is 17.9 Å². The fourth-order valence-electron chi connectivity index (χ4n) is 0.690. The fourth-order valence-corrected chi connectivity index (χ4v) is 0.690. The molecule has 0 aromatic rings. The molecule has 0 saturated carbocycles. The van der Waals surface area contributed by atoms with Crippen molar-refractivity contribution in [2.45, 2.75) is 19.8 Å². The number of aliphatic hydroxyl groups excluding tert-OH is 1. The first-order valence-corrected chi connectivity index (χ1v) is 5.65. The van der Waals surface area contributed by atoms with Gasteiger partial charge in [-0.1, -0.05) is 13.3 Å². The van der Waals surface area contributed by atoms with Gasteiger partial charge < -0.3 is 24.4 Å². The van der Waals surface area contributed by atoms with Crippen molar-refractivity contribution in [1.82, 2.24) is 0 Å². The lowest BCUT2D eigenvalue weighted by atomic mass is 10.4. The highest BCUT2D eigenvalue weighted by Gasteiger charge is 2.10. The Kier molecular flexibility index (Phi) is 14.9. The molecule has 0 aromatic carbocycles. The molecule has 0 rings (SSSR count). The Labute approximate surface area is 111 Å². The van der Waals surface area contributed by atoms with Crippen molar-refractivity contribution in [3.05, 3.63) is 0 Å². The van der Waals surface area contributed by atoms with Crippen LogP contribution < -0.4 is 0 Å². The number of unbranched alkanes of at least 4 members (excludes halogenated alkanes) is 1. The number of carboxylic acid groups (broad SMARTS) is 1. The van der Waals surface area contributed by atoms with Crippen LogP contribution in [0.25, 0.3) is 0 Å². The molecule has 19 heavy (non-hydrogen) atoms. The van der Waals surface area contributed by atoms with Gasteiger partial charge in [-0.05, 0) is 6.42 Å². The largest absolute Gasteiger partial charge is 0.473 e. The van der Waals surface area contributed by atoms with Crippen LogP contribution in [0.5, 0.6) is 0 Å². The van der Waals surface area contributed by atoms with Crippen molar-refractivity contribution >= 4 is 17.9 Å². The molecule has 2 N–H and O–H groups in total. The Bertz CT molecular complexity index is 263. The third-order valence-electron chi connectivity index (χ3n) is 1.52. The number of methoxy groups -OCH3 is 1. The molecule has 0 atom stereocenters. The Morgan fingerprint density at radius 1 is 1.11 bits per heavy atom. The molecule has 0 amide bonds. The van der Waals surface area contributed by atoms with Gasteiger partial charge in [-0.2, -0.15) is 0 Å². The minimum absolute atomic E-state index is 0.0592. The van der Waals surface area contributed by atoms with E-state index in [9.17, 15) is 14.4 Å². The van der Waals surface area contributed by atoms with E-state index in [0.717, 1.165) is 12.8 Å². The van der Waals surface area contributed by atoms with Crippen molar-refractivity contribution in [1.29, 1.82) is 0 Å². The van der Waals surface area contributed by atoms with Gasteiger partial charge in [0.15, 0.2) is 0 Å². The van der Waals surface area contributed by atoms with Crippen LogP contribution in [0.4, 0.5) is 0 Å². The maximum absolute atomic E-state index is 10.6. The van der Waals surface area contributed by atoms with Gasteiger partial charge in [-0.15, -0.1) is 0 Å². The molecule has 0 aliphatic carbocycles. The number of hydrogen-bond acceptors (Lipinski definition) is 7. The SMILES string of the molecule is CCCCOC(=O)COC.O=C(O)C(=O)OCCO. The van der Waals surface area contributed by atoms with Crippen LogP contribution >= 0.6 is 0 Å². The zero-order valence-corrected chi connectivity index (χ0v) is 11.1. The number of rotatable bonds is 7. The Balaban J connectivity index is 0. The van der Waals surface area contributed by atoms with Crippen molar-refractivity contribution in [2.24, 2.45) is 0 Å². The second-order valence-electron chi connectivity index (χ2n) is 3.17. The summed E-state index contributed by atoms with van der Waals surface area (Å²) in [5.74, 6) is -3.27. The summed E-state index contributed by atoms with van der Waals surface area (Å²) in [6.07, 6.45) is 1.97. The molecule has 0 unspecified atom stereocenters. The van der Waals surface area contributed by atoms with Gasteiger partial charge in [0, 0.05) is 7.11 Å². The molecule has 8 nitrogen and oxygen atoms in total. The molecule has 8 heteroatoms. The average molecular weight is 280 g/mol. The molecule has 0 heterocycles. The lowest BCUT2D eigenvalue weighted by Gasteiger charge is -2.01. The summed E-state index contributed by atoms with van der Waals surface area (Å²) in [6.45, 7) is 1.98. The third kappa shape index (κ3) is 16.3. The number of carboxylic acids is 1. The van der Waals surface area contributed by atoms with Crippen LogP contribution in [0, 0.1) is 0 Å². The normalized spacial score (nSPS) is 9.00. The van der Waals surface area contributed by atoms with E-state index in [0.29, 0.717) is 6.61 Å². The van der Waals surface area contributed by atoms with Gasteiger partial charge in [0.1, 0.15) is 13.2 Å². The predicted octanol–water partition coefficient (Wildman–Crippen LogP) is -0.417. The summed E-state index contributed by atoms with van der Waals surface area (Å²) in [5, 5.41) is 15.9. The van der Waals surface area contributed by atoms with Gasteiger partial charge in [0.25, 0.3) is 0 Å². The first kappa shape index (κ1) is 19.7. The summed E-state index contributed by atoms with van der Waals surface area (Å²) in [7, 11) is 1.47. The van der Waals surface area contributed by atoms with Crippen LogP contribution in [-0.4, -0.2) is 61.7 Å². The second kappa shape index (κ2) is 14.4. The maximum atomic E-state index is 10.6. The number of aliphatic carboxylic acids is 1. The van der Waals surface area contributed by atoms with E-state index in [-0.39, 0.29) is 25.8 Å². The zero-order valence-electron chi connectivity index (χ0n) is 11.1. The van der Waals surface area contributed by atoms with Crippen molar-refractivity contribution in [2.75, 3.05) is 33.5 Å². The van der Waals surface area contributed by atoms with E-state index >= 15 is 0 Å². The van der Waals surface area contributed by atoms with Crippen LogP contribution in [0.1, 0.15) is 19.8 Å². The number of ether oxygens (including phenoxy) is 3. The van der Waals surface area contributed by atoms with Crippen LogP contribution in [-0.2, 0) is 28.6 Å². The zero-order chi connectivity index (χ0) is 15.1. The first-order valence-electron chi connectivity index (χ1n) is 5.65. The lowest BCUT2D eigenvalue weighted by Crippen LogP contribution is -2.17. The van der Waals surface area contributed by atoms with E-state index in [4.69, 9.17) is 14.9 Å². The van der Waals surface area contributed by atoms with Crippen LogP contribution in [0.3, 0.4) is 0 Å². The van der Waals surface area contributed by atoms with Crippen molar-refractivity contribution in [3.63, 3.8) is 0 Å². The summed E-state index contributed by atoms with van der Waals surface area (Å²) < 4.78 is 13.3. The van der Waals surface area contributed by atoms with E-state index < -0.39 is 11.9 Å². The minimum Gasteiger partial charge on any atom is -0.473 e. The second-order valence-corrected chi connectivity index (χ2v) is 3.17. The van der Waals surface area contributed by atoms with Crippen molar-refractivity contribution < 1.29 is 38.8 Å². The smallest absolute Gasteiger partial charge is 0.417 e. The maximum Gasteiger partial charge on any atom is 0.417 e. The summed E-state index contributed by atoms with van der Waals surface area (Å²) in [5.41, 5.74) is 0. The average Bonchev–Trinajstić information content (AvgIpc) is 2.37. The molecule has 0 saturated heterocycles. The number of carbonyl (C=O) groups is 3. The van der Waals surface area contributed by atoms with E-state index in [2.05, 4.69) is 9.47 Å². The lowest BCUT2D eigenvalue weighted by molar-refractivity contribution is -0.164. The monoisotopic (exact) mass is 280 g/mol. The highest BCUT2D eigenvalue weighted by atomic mass is 16.6. The molecular weight excluding hydrogens is 260 g/mol. The molecule has 0 spiro atoms. The number of esters is 2. The topological polar surface area (TPSA) is 119 Å². The van der Waals surface area contributed by atoms with Gasteiger partial charge in [-0.25, -0.2) is 14.4 Å². The van der Waals surface area contributed by atoms with E-state index in [1.54, 1.807) is 0 Å². The summed E-state index contributed by atoms with van der Waals surface area (Å²) in [4.78, 5) is 30.2. The van der Waals surface area contributed by atoms with Crippen LogP contribution in [0.2, 0.25) is 0 Å². The molecule has 0 fully saturated rings. The van der Waals surface area contributed by atoms with E-state index in [1.165, 1.54) is 7.11 Å². The molecule has 0 bridgehead atoms. The number of aliphatic hydroxyl groups is 1. The van der Waals surface area contributed by atoms with Crippen molar-refractivity contribution in [3.8, 4) is 0 Å². The highest BCUT2D eigenvalue weighted by Crippen LogP contribution is 1.88. The first-order chi connectivity index (χ1) is 8.99. The molecule has 0 aliphatic heterocycles. The summed E-state index contributed by atoms with van der Waals surface area (Å²) >= 11 is 0. The Morgan fingerprint density at radius 2 is 1.74 bits per heavy atom. The highest BCUT2D eigenvalue weighted by molar-refractivity contribution is 6.28. The standard InChI is InChI=1S/C7H14O3.C4H6O5/c1-3-4-5-10-7(8)6-9-2;5-1-2-9-4(8)3(6)7/h3-6H2,1-2H3;5H,1-2H2,(H,6,7). The molecule has 112 valence electrons. The summed E-state index contributed by atoms with van der Waals surface area (Å²) in [6, 6.07) is 0. The minimum atomic E-state index is -1.65. The third-order valence-corrected chi connectivity index (χ3v) is 1.52. The molecule has 0 aliphatic rings. The molecular formula is C11H20O8. The quantitative estimate of drug-likeness (QED) is 0.366. The van der Waals surface area contributed by atoms with Gasteiger partial charge in [-0.3, -0.25) is 0 Å². The van der Waals surface area contributed by atoms with Crippen LogP contribution in [0.15, 0.2) is 0 Å². The number of carbonyl (C=O) groups excluding carboxylic acids is 2. The molecule has 0 radical (unpaired) electrons. The van der Waals surface area contributed by atoms with Gasteiger partial charge in [0.05, 0.1) is 13.2 Å². The Morgan fingerprint density at radius 3 is 2.16 bits per heavy atom.